The van der Waals surface area contributed by atoms with Crippen molar-refractivity contribution >= 4 is 11.3 Å². The number of nitriles is 1. The van der Waals surface area contributed by atoms with Gasteiger partial charge in [0.2, 0.25) is 0 Å². The van der Waals surface area contributed by atoms with Gasteiger partial charge in [-0.2, -0.15) is 5.26 Å². The first kappa shape index (κ1) is 13.6. The van der Waals surface area contributed by atoms with Crippen LogP contribution in [0.3, 0.4) is 0 Å². The number of rotatable bonds is 6. The fourth-order valence-corrected chi connectivity index (χ4v) is 2.60. The molecule has 0 unspecified atom stereocenters. The Labute approximate surface area is 117 Å². The summed E-state index contributed by atoms with van der Waals surface area (Å²) in [5.74, 6) is 0.744. The normalized spacial score (nSPS) is 11.8. The number of ether oxygens (including phenoxy) is 1. The van der Waals surface area contributed by atoms with Crippen LogP contribution >= 0.6 is 11.3 Å². The van der Waals surface area contributed by atoms with Crippen LogP contribution in [-0.4, -0.2) is 13.6 Å². The number of hydrogen-bond donors (Lipinski definition) is 1. The van der Waals surface area contributed by atoms with Crippen LogP contribution in [0.2, 0.25) is 0 Å². The molecule has 4 heteroatoms. The lowest BCUT2D eigenvalue weighted by Crippen LogP contribution is -2.15. The summed E-state index contributed by atoms with van der Waals surface area (Å²) in [4.78, 5) is 1.21. The van der Waals surface area contributed by atoms with Crippen molar-refractivity contribution < 1.29 is 4.74 Å². The molecule has 0 fully saturated rings. The first-order valence-electron chi connectivity index (χ1n) is 6.18. The van der Waals surface area contributed by atoms with Crippen LogP contribution in [-0.2, 0) is 0 Å². The summed E-state index contributed by atoms with van der Waals surface area (Å²) >= 11 is 1.69. The number of nitrogens with one attached hydrogen (secondary N) is 1. The predicted octanol–water partition coefficient (Wildman–Crippen LogP) is 3.35. The second kappa shape index (κ2) is 6.93. The van der Waals surface area contributed by atoms with Gasteiger partial charge in [-0.05, 0) is 43.2 Å². The molecular weight excluding hydrogens is 256 g/mol. The molecule has 98 valence electrons. The lowest BCUT2D eigenvalue weighted by atomic mass is 10.2. The third kappa shape index (κ3) is 3.82. The molecule has 1 aromatic heterocycles. The Morgan fingerprint density at radius 2 is 2.26 bits per heavy atom. The Bertz CT molecular complexity index is 546. The number of benzene rings is 1. The summed E-state index contributed by atoms with van der Waals surface area (Å²) in [6.45, 7) is 0.889. The first-order valence-corrected chi connectivity index (χ1v) is 7.06. The summed E-state index contributed by atoms with van der Waals surface area (Å²) in [7, 11) is 1.93. The average Bonchev–Trinajstić information content (AvgIpc) is 2.97. The lowest BCUT2D eigenvalue weighted by molar-refractivity contribution is 0.198. The molecule has 1 heterocycles. The highest BCUT2D eigenvalue weighted by atomic mass is 32.1. The van der Waals surface area contributed by atoms with E-state index in [9.17, 15) is 0 Å². The van der Waals surface area contributed by atoms with E-state index in [0.717, 1.165) is 18.7 Å². The molecule has 1 N–H and O–H groups in total. The van der Waals surface area contributed by atoms with Crippen LogP contribution in [0.4, 0.5) is 0 Å². The van der Waals surface area contributed by atoms with E-state index >= 15 is 0 Å². The van der Waals surface area contributed by atoms with Crippen molar-refractivity contribution in [1.82, 2.24) is 5.32 Å². The van der Waals surface area contributed by atoms with Crippen LogP contribution in [0.1, 0.15) is 23.0 Å². The molecule has 0 spiro atoms. The first-order chi connectivity index (χ1) is 9.33. The molecule has 0 saturated carbocycles. The van der Waals surface area contributed by atoms with E-state index in [0.29, 0.717) is 5.56 Å². The third-order valence-corrected chi connectivity index (χ3v) is 3.72. The topological polar surface area (TPSA) is 45.0 Å². The van der Waals surface area contributed by atoms with Gasteiger partial charge in [0.05, 0.1) is 11.6 Å². The molecule has 0 amide bonds. The Balaban J connectivity index is 2.13. The molecule has 1 aromatic carbocycles. The van der Waals surface area contributed by atoms with E-state index in [2.05, 4.69) is 22.8 Å². The van der Waals surface area contributed by atoms with Crippen molar-refractivity contribution in [2.45, 2.75) is 12.5 Å². The minimum absolute atomic E-state index is 0.0291. The van der Waals surface area contributed by atoms with Crippen LogP contribution in [0.5, 0.6) is 5.75 Å². The second-order valence-corrected chi connectivity index (χ2v) is 5.13. The summed E-state index contributed by atoms with van der Waals surface area (Å²) < 4.78 is 6.02. The largest absolute Gasteiger partial charge is 0.485 e. The van der Waals surface area contributed by atoms with Gasteiger partial charge in [0.1, 0.15) is 11.9 Å². The Kier molecular flexibility index (Phi) is 4.96. The predicted molar refractivity (Wildman–Crippen MR) is 77.4 cm³/mol. The van der Waals surface area contributed by atoms with Gasteiger partial charge in [-0.3, -0.25) is 0 Å². The van der Waals surface area contributed by atoms with Gasteiger partial charge in [0.15, 0.2) is 0 Å². The Hall–Kier alpha value is -1.83. The summed E-state index contributed by atoms with van der Waals surface area (Å²) in [5, 5.41) is 14.1. The minimum atomic E-state index is 0.0291. The van der Waals surface area contributed by atoms with Crippen molar-refractivity contribution in [3.8, 4) is 11.8 Å². The molecular formula is C15H16N2OS. The highest BCUT2D eigenvalue weighted by Gasteiger charge is 2.14. The van der Waals surface area contributed by atoms with Crippen molar-refractivity contribution in [2.24, 2.45) is 0 Å². The molecule has 2 aromatic rings. The van der Waals surface area contributed by atoms with Crippen molar-refractivity contribution in [1.29, 1.82) is 5.26 Å². The van der Waals surface area contributed by atoms with E-state index < -0.39 is 0 Å². The van der Waals surface area contributed by atoms with Crippen molar-refractivity contribution in [2.75, 3.05) is 13.6 Å². The van der Waals surface area contributed by atoms with E-state index in [4.69, 9.17) is 10.00 Å². The Morgan fingerprint density at radius 3 is 2.95 bits per heavy atom. The van der Waals surface area contributed by atoms with E-state index in [-0.39, 0.29) is 6.10 Å². The summed E-state index contributed by atoms with van der Waals surface area (Å²) in [6.07, 6.45) is 0.926. The van der Waals surface area contributed by atoms with Gasteiger partial charge >= 0.3 is 0 Å². The van der Waals surface area contributed by atoms with Crippen LogP contribution in [0, 0.1) is 11.3 Å². The highest BCUT2D eigenvalue weighted by Crippen LogP contribution is 2.28. The zero-order valence-corrected chi connectivity index (χ0v) is 11.6. The summed E-state index contributed by atoms with van der Waals surface area (Å²) in [6, 6.07) is 13.5. The zero-order valence-electron chi connectivity index (χ0n) is 10.8. The van der Waals surface area contributed by atoms with Gasteiger partial charge in [0, 0.05) is 11.3 Å². The average molecular weight is 272 g/mol. The smallest absolute Gasteiger partial charge is 0.134 e. The van der Waals surface area contributed by atoms with Crippen molar-refractivity contribution in [3.63, 3.8) is 0 Å². The van der Waals surface area contributed by atoms with Crippen molar-refractivity contribution in [3.05, 3.63) is 52.2 Å². The fourth-order valence-electron chi connectivity index (χ4n) is 1.81. The van der Waals surface area contributed by atoms with Crippen LogP contribution in [0.25, 0.3) is 0 Å². The van der Waals surface area contributed by atoms with E-state index in [1.165, 1.54) is 4.88 Å². The highest BCUT2D eigenvalue weighted by molar-refractivity contribution is 7.10. The fraction of sp³-hybridized carbons (Fsp3) is 0.267. The third-order valence-electron chi connectivity index (χ3n) is 2.76. The molecule has 1 atom stereocenters. The molecule has 0 aliphatic carbocycles. The standard InChI is InChI=1S/C15H16N2OS/c1-17-8-7-14(15-6-3-9-19-15)18-13-5-2-4-12(10-13)11-16/h2-6,9-10,14,17H,7-8H2,1H3/t14-/m0/s1. The molecule has 0 bridgehead atoms. The maximum atomic E-state index is 8.91. The second-order valence-electron chi connectivity index (χ2n) is 4.15. The monoisotopic (exact) mass is 272 g/mol. The molecule has 0 aliphatic heterocycles. The van der Waals surface area contributed by atoms with Crippen LogP contribution < -0.4 is 10.1 Å². The molecule has 3 nitrogen and oxygen atoms in total. The molecule has 0 radical (unpaired) electrons. The molecule has 0 saturated heterocycles. The molecule has 2 rings (SSSR count). The summed E-state index contributed by atoms with van der Waals surface area (Å²) in [5.41, 5.74) is 0.621. The van der Waals surface area contributed by atoms with Gasteiger partial charge in [-0.15, -0.1) is 11.3 Å². The van der Waals surface area contributed by atoms with Gasteiger partial charge in [-0.1, -0.05) is 12.1 Å². The molecule has 0 aliphatic rings. The van der Waals surface area contributed by atoms with Gasteiger partial charge in [0.25, 0.3) is 0 Å². The maximum absolute atomic E-state index is 8.91. The number of hydrogen-bond acceptors (Lipinski definition) is 4. The minimum Gasteiger partial charge on any atom is -0.485 e. The maximum Gasteiger partial charge on any atom is 0.134 e. The number of thiophene rings is 1. The van der Waals surface area contributed by atoms with Crippen LogP contribution in [0.15, 0.2) is 41.8 Å². The molecule has 19 heavy (non-hydrogen) atoms. The SMILES string of the molecule is CNCC[C@H](Oc1cccc(C#N)c1)c1cccs1. The van der Waals surface area contributed by atoms with E-state index in [1.54, 1.807) is 23.5 Å². The zero-order chi connectivity index (χ0) is 13.5. The lowest BCUT2D eigenvalue weighted by Gasteiger charge is -2.18. The van der Waals surface area contributed by atoms with E-state index in [1.807, 2.05) is 25.2 Å². The Morgan fingerprint density at radius 1 is 1.37 bits per heavy atom. The number of nitrogens with zero attached hydrogens (tertiary/aromatic N) is 1. The van der Waals surface area contributed by atoms with Gasteiger partial charge in [-0.25, -0.2) is 0 Å². The van der Waals surface area contributed by atoms with Gasteiger partial charge < -0.3 is 10.1 Å². The quantitative estimate of drug-likeness (QED) is 0.877.